The van der Waals surface area contributed by atoms with Gasteiger partial charge < -0.3 is 15.8 Å². The molecule has 3 rings (SSSR count). The van der Waals surface area contributed by atoms with Crippen LogP contribution in [0.2, 0.25) is 0 Å². The van der Waals surface area contributed by atoms with E-state index in [1.807, 2.05) is 50.2 Å². The summed E-state index contributed by atoms with van der Waals surface area (Å²) in [5.41, 5.74) is 9.56. The molecule has 0 spiro atoms. The van der Waals surface area contributed by atoms with E-state index >= 15 is 0 Å². The second-order valence-corrected chi connectivity index (χ2v) is 6.72. The molecule has 0 saturated heterocycles. The second-order valence-electron chi connectivity index (χ2n) is 5.87. The summed E-state index contributed by atoms with van der Waals surface area (Å²) in [6, 6.07) is 16.1. The van der Waals surface area contributed by atoms with Crippen LogP contribution in [0.1, 0.15) is 25.0 Å². The van der Waals surface area contributed by atoms with E-state index in [4.69, 9.17) is 10.5 Å². The Kier molecular flexibility index (Phi) is 8.14. The van der Waals surface area contributed by atoms with Gasteiger partial charge >= 0.3 is 0 Å². The molecular formula is C22H27BrN4O. The lowest BCUT2D eigenvalue weighted by molar-refractivity contribution is 0.415. The van der Waals surface area contributed by atoms with Crippen molar-refractivity contribution in [3.8, 4) is 5.75 Å². The van der Waals surface area contributed by atoms with Crippen molar-refractivity contribution in [2.45, 2.75) is 27.2 Å². The van der Waals surface area contributed by atoms with Gasteiger partial charge in [0.15, 0.2) is 0 Å². The predicted molar refractivity (Wildman–Crippen MR) is 121 cm³/mol. The minimum absolute atomic E-state index is 0.538. The molecule has 3 N–H and O–H groups in total. The highest BCUT2D eigenvalue weighted by molar-refractivity contribution is 9.10. The number of hydrogen-bond acceptors (Lipinski definition) is 4. The number of ether oxygens (including phenoxy) is 1. The zero-order chi connectivity index (χ0) is 20.5. The van der Waals surface area contributed by atoms with Crippen molar-refractivity contribution < 1.29 is 4.74 Å². The Labute approximate surface area is 175 Å². The van der Waals surface area contributed by atoms with Gasteiger partial charge in [-0.15, -0.1) is 0 Å². The van der Waals surface area contributed by atoms with Crippen molar-refractivity contribution in [3.63, 3.8) is 0 Å². The molecule has 1 heterocycles. The van der Waals surface area contributed by atoms with E-state index in [1.165, 1.54) is 11.1 Å². The van der Waals surface area contributed by atoms with Crippen molar-refractivity contribution in [2.75, 3.05) is 18.2 Å². The van der Waals surface area contributed by atoms with E-state index in [1.54, 1.807) is 18.0 Å². The molecule has 6 heteroatoms. The minimum Gasteiger partial charge on any atom is -0.497 e. The van der Waals surface area contributed by atoms with E-state index in [9.17, 15) is 0 Å². The molecule has 0 amide bonds. The molecule has 0 unspecified atom stereocenters. The fourth-order valence-electron chi connectivity index (χ4n) is 2.61. The Bertz CT molecular complexity index is 934. The van der Waals surface area contributed by atoms with Gasteiger partial charge in [0.1, 0.15) is 17.4 Å². The summed E-state index contributed by atoms with van der Waals surface area (Å²) >= 11 is 3.42. The molecule has 0 radical (unpaired) electrons. The summed E-state index contributed by atoms with van der Waals surface area (Å²) in [6.45, 7) is 6.11. The van der Waals surface area contributed by atoms with Crippen LogP contribution in [0.3, 0.4) is 0 Å². The SMILES string of the molecule is CC.COc1cccc(N/C(=C/Cc2ccccc2C)n2ncc(Br)c2N)c1. The number of nitrogen functional groups attached to an aromatic ring is 1. The monoisotopic (exact) mass is 442 g/mol. The van der Waals surface area contributed by atoms with Crippen LogP contribution >= 0.6 is 15.9 Å². The van der Waals surface area contributed by atoms with Crippen LogP contribution in [0.4, 0.5) is 11.5 Å². The fourth-order valence-corrected chi connectivity index (χ4v) is 2.87. The number of allylic oxidation sites excluding steroid dienone is 1. The summed E-state index contributed by atoms with van der Waals surface area (Å²) in [5.74, 6) is 2.10. The topological polar surface area (TPSA) is 65.1 Å². The quantitative estimate of drug-likeness (QED) is 0.511. The van der Waals surface area contributed by atoms with Gasteiger partial charge in [0.05, 0.1) is 17.8 Å². The van der Waals surface area contributed by atoms with Gasteiger partial charge in [0.25, 0.3) is 0 Å². The van der Waals surface area contributed by atoms with Gasteiger partial charge in [0.2, 0.25) is 0 Å². The average molecular weight is 443 g/mol. The molecule has 5 nitrogen and oxygen atoms in total. The number of aromatic nitrogens is 2. The van der Waals surface area contributed by atoms with E-state index in [-0.39, 0.29) is 0 Å². The number of hydrogen-bond donors (Lipinski definition) is 2. The highest BCUT2D eigenvalue weighted by atomic mass is 79.9. The number of nitrogens with zero attached hydrogens (tertiary/aromatic N) is 2. The van der Waals surface area contributed by atoms with Gasteiger partial charge in [-0.2, -0.15) is 5.10 Å². The number of nitrogens with two attached hydrogens (primary N) is 1. The maximum atomic E-state index is 6.16. The lowest BCUT2D eigenvalue weighted by Crippen LogP contribution is -2.12. The third-order valence-corrected chi connectivity index (χ3v) is 4.72. The predicted octanol–water partition coefficient (Wildman–Crippen LogP) is 5.72. The summed E-state index contributed by atoms with van der Waals surface area (Å²) in [7, 11) is 1.65. The van der Waals surface area contributed by atoms with Gasteiger partial charge in [-0.3, -0.25) is 0 Å². The van der Waals surface area contributed by atoms with Crippen LogP contribution in [0.15, 0.2) is 65.3 Å². The molecule has 0 aliphatic carbocycles. The third-order valence-electron chi connectivity index (χ3n) is 4.11. The molecule has 1 aromatic heterocycles. The standard InChI is InChI=1S/C20H21BrN4O.C2H6/c1-14-6-3-4-7-15(14)10-11-19(25-20(22)18(21)13-23-25)24-16-8-5-9-17(12-16)26-2;1-2/h3-9,11-13,24H,10,22H2,1-2H3;1-2H3/b19-11-;. The summed E-state index contributed by atoms with van der Waals surface area (Å²) < 4.78 is 7.74. The zero-order valence-electron chi connectivity index (χ0n) is 16.7. The number of methoxy groups -OCH3 is 1. The molecule has 2 aromatic carbocycles. The van der Waals surface area contributed by atoms with Crippen molar-refractivity contribution in [3.05, 3.63) is 76.4 Å². The van der Waals surface area contributed by atoms with Crippen LogP contribution in [0.5, 0.6) is 5.75 Å². The molecule has 0 fully saturated rings. The van der Waals surface area contributed by atoms with Gasteiger partial charge in [0, 0.05) is 11.8 Å². The highest BCUT2D eigenvalue weighted by Gasteiger charge is 2.10. The van der Waals surface area contributed by atoms with Gasteiger partial charge in [-0.1, -0.05) is 44.2 Å². The number of benzene rings is 2. The maximum absolute atomic E-state index is 6.16. The van der Waals surface area contributed by atoms with Gasteiger partial charge in [-0.05, 0) is 58.6 Å². The van der Waals surface area contributed by atoms with Crippen molar-refractivity contribution >= 4 is 33.3 Å². The van der Waals surface area contributed by atoms with Crippen LogP contribution in [-0.2, 0) is 6.42 Å². The maximum Gasteiger partial charge on any atom is 0.143 e. The molecular weight excluding hydrogens is 416 g/mol. The molecule has 28 heavy (non-hydrogen) atoms. The summed E-state index contributed by atoms with van der Waals surface area (Å²) in [6.07, 6.45) is 4.53. The first-order chi connectivity index (χ1) is 13.6. The Morgan fingerprint density at radius 1 is 1.21 bits per heavy atom. The number of rotatable bonds is 6. The highest BCUT2D eigenvalue weighted by Crippen LogP contribution is 2.25. The van der Waals surface area contributed by atoms with Crippen molar-refractivity contribution in [1.29, 1.82) is 0 Å². The zero-order valence-corrected chi connectivity index (χ0v) is 18.3. The Balaban J connectivity index is 0.00000136. The number of anilines is 2. The normalized spacial score (nSPS) is 10.8. The summed E-state index contributed by atoms with van der Waals surface area (Å²) in [5, 5.41) is 7.77. The molecule has 0 aliphatic heterocycles. The first kappa shape index (κ1) is 21.6. The minimum atomic E-state index is 0.538. The van der Waals surface area contributed by atoms with Crippen molar-refractivity contribution in [1.82, 2.24) is 9.78 Å². The smallest absolute Gasteiger partial charge is 0.143 e. The lowest BCUT2D eigenvalue weighted by Gasteiger charge is -2.14. The Morgan fingerprint density at radius 2 is 1.96 bits per heavy atom. The number of aryl methyl sites for hydroxylation is 1. The Hall–Kier alpha value is -2.73. The molecule has 0 aliphatic rings. The molecule has 0 atom stereocenters. The number of halogens is 1. The number of nitrogens with one attached hydrogen (secondary N) is 1. The molecule has 3 aromatic rings. The third kappa shape index (κ3) is 5.39. The fraction of sp³-hybridized carbons (Fsp3) is 0.227. The van der Waals surface area contributed by atoms with E-state index < -0.39 is 0 Å². The molecule has 0 saturated carbocycles. The van der Waals surface area contributed by atoms with Crippen molar-refractivity contribution in [2.24, 2.45) is 0 Å². The van der Waals surface area contributed by atoms with Crippen LogP contribution < -0.4 is 15.8 Å². The van der Waals surface area contributed by atoms with E-state index in [0.717, 1.165) is 28.2 Å². The molecule has 148 valence electrons. The van der Waals surface area contributed by atoms with Crippen LogP contribution in [-0.4, -0.2) is 16.9 Å². The van der Waals surface area contributed by atoms with E-state index in [2.05, 4.69) is 51.5 Å². The van der Waals surface area contributed by atoms with E-state index in [0.29, 0.717) is 5.82 Å². The molecule has 0 bridgehead atoms. The lowest BCUT2D eigenvalue weighted by atomic mass is 10.1. The summed E-state index contributed by atoms with van der Waals surface area (Å²) in [4.78, 5) is 0. The largest absolute Gasteiger partial charge is 0.497 e. The van der Waals surface area contributed by atoms with Crippen LogP contribution in [0, 0.1) is 6.92 Å². The average Bonchev–Trinajstić information content (AvgIpc) is 3.06. The van der Waals surface area contributed by atoms with Gasteiger partial charge in [-0.25, -0.2) is 4.68 Å². The first-order valence-electron chi connectivity index (χ1n) is 9.23. The Morgan fingerprint density at radius 3 is 2.61 bits per heavy atom. The second kappa shape index (κ2) is 10.6. The van der Waals surface area contributed by atoms with Crippen LogP contribution in [0.25, 0.3) is 5.82 Å². The first-order valence-corrected chi connectivity index (χ1v) is 10.0.